The highest BCUT2D eigenvalue weighted by Crippen LogP contribution is 2.15. The average molecular weight is 290 g/mol. The van der Waals surface area contributed by atoms with E-state index in [4.69, 9.17) is 10.2 Å². The lowest BCUT2D eigenvalue weighted by molar-refractivity contribution is -0.116. The Labute approximate surface area is 117 Å². The van der Waals surface area contributed by atoms with Crippen LogP contribution in [0, 0.1) is 0 Å². The van der Waals surface area contributed by atoms with Gasteiger partial charge in [-0.05, 0) is 18.2 Å². The number of benzene rings is 1. The first-order chi connectivity index (χ1) is 9.95. The molecule has 3 N–H and O–H groups in total. The van der Waals surface area contributed by atoms with Gasteiger partial charge in [0.25, 0.3) is 0 Å². The summed E-state index contributed by atoms with van der Waals surface area (Å²) in [6.45, 7) is -0.125. The van der Waals surface area contributed by atoms with Gasteiger partial charge in [0.2, 0.25) is 5.91 Å². The molecule has 0 spiro atoms. The summed E-state index contributed by atoms with van der Waals surface area (Å²) < 4.78 is 1.27. The molecule has 1 aromatic carbocycles. The molecular weight excluding hydrogens is 280 g/mol. The zero-order valence-electron chi connectivity index (χ0n) is 10.6. The lowest BCUT2D eigenvalue weighted by Gasteiger charge is -2.07. The van der Waals surface area contributed by atoms with Crippen LogP contribution in [0.25, 0.3) is 0 Å². The molecule has 1 aromatic heterocycles. The van der Waals surface area contributed by atoms with Crippen LogP contribution in [0.15, 0.2) is 30.6 Å². The molecule has 0 aliphatic heterocycles. The third-order valence-corrected chi connectivity index (χ3v) is 2.49. The van der Waals surface area contributed by atoms with Crippen LogP contribution in [-0.4, -0.2) is 43.1 Å². The molecule has 0 bridgehead atoms. The zero-order valence-corrected chi connectivity index (χ0v) is 10.6. The number of hydrogen-bond acceptors (Lipinski definition) is 5. The molecular formula is C12H10N4O5. The molecule has 2 rings (SSSR count). The summed E-state index contributed by atoms with van der Waals surface area (Å²) in [5.74, 6) is -3.06. The molecule has 9 nitrogen and oxygen atoms in total. The molecule has 0 atom stereocenters. The average Bonchev–Trinajstić information content (AvgIpc) is 2.90. The second kappa shape index (κ2) is 5.82. The highest BCUT2D eigenvalue weighted by atomic mass is 16.4. The third-order valence-electron chi connectivity index (χ3n) is 2.49. The molecule has 2 aromatic rings. The van der Waals surface area contributed by atoms with Crippen molar-refractivity contribution in [1.82, 2.24) is 15.0 Å². The van der Waals surface area contributed by atoms with Gasteiger partial charge in [-0.15, -0.1) is 5.10 Å². The minimum Gasteiger partial charge on any atom is -0.478 e. The van der Waals surface area contributed by atoms with Crippen LogP contribution in [0.1, 0.15) is 20.7 Å². The van der Waals surface area contributed by atoms with E-state index >= 15 is 0 Å². The van der Waals surface area contributed by atoms with Crippen LogP contribution in [0.3, 0.4) is 0 Å². The first-order valence-corrected chi connectivity index (χ1v) is 5.71. The van der Waals surface area contributed by atoms with Crippen LogP contribution >= 0.6 is 0 Å². The molecule has 0 saturated carbocycles. The van der Waals surface area contributed by atoms with Crippen molar-refractivity contribution >= 4 is 23.5 Å². The van der Waals surface area contributed by atoms with E-state index in [1.165, 1.54) is 29.2 Å². The first-order valence-electron chi connectivity index (χ1n) is 5.71. The third kappa shape index (κ3) is 3.62. The second-order valence-corrected chi connectivity index (χ2v) is 4.06. The number of carboxylic acid groups (broad SMARTS) is 2. The van der Waals surface area contributed by atoms with Gasteiger partial charge < -0.3 is 15.5 Å². The predicted molar refractivity (Wildman–Crippen MR) is 69.0 cm³/mol. The Kier molecular flexibility index (Phi) is 3.93. The van der Waals surface area contributed by atoms with Gasteiger partial charge in [-0.2, -0.15) is 0 Å². The second-order valence-electron chi connectivity index (χ2n) is 4.06. The number of rotatable bonds is 5. The lowest BCUT2D eigenvalue weighted by Crippen LogP contribution is -2.19. The summed E-state index contributed by atoms with van der Waals surface area (Å²) in [6.07, 6.45) is 2.89. The van der Waals surface area contributed by atoms with Gasteiger partial charge in [-0.1, -0.05) is 5.21 Å². The predicted octanol–water partition coefficient (Wildman–Crippen LogP) is 0.313. The number of anilines is 1. The van der Waals surface area contributed by atoms with Crippen molar-refractivity contribution < 1.29 is 24.6 Å². The van der Waals surface area contributed by atoms with E-state index in [0.29, 0.717) is 0 Å². The Morgan fingerprint density at radius 3 is 2.19 bits per heavy atom. The fourth-order valence-corrected chi connectivity index (χ4v) is 1.61. The minimum absolute atomic E-state index is 0.0809. The van der Waals surface area contributed by atoms with Crippen molar-refractivity contribution in [2.45, 2.75) is 6.54 Å². The summed E-state index contributed by atoms with van der Waals surface area (Å²) in [5.41, 5.74) is -0.380. The number of nitrogens with zero attached hydrogens (tertiary/aromatic N) is 3. The summed E-state index contributed by atoms with van der Waals surface area (Å²) in [7, 11) is 0. The molecule has 0 unspecified atom stereocenters. The van der Waals surface area contributed by atoms with Crippen LogP contribution in [0.5, 0.6) is 0 Å². The number of carbonyl (C=O) groups excluding carboxylic acids is 1. The zero-order chi connectivity index (χ0) is 15.4. The monoisotopic (exact) mass is 290 g/mol. The topological polar surface area (TPSA) is 134 Å². The number of carbonyl (C=O) groups is 3. The van der Waals surface area contributed by atoms with E-state index in [0.717, 1.165) is 6.07 Å². The molecule has 9 heteroatoms. The number of aromatic nitrogens is 3. The fourth-order valence-electron chi connectivity index (χ4n) is 1.61. The molecule has 0 fully saturated rings. The molecule has 0 aliphatic carbocycles. The van der Waals surface area contributed by atoms with E-state index < -0.39 is 17.8 Å². The Morgan fingerprint density at radius 2 is 1.71 bits per heavy atom. The smallest absolute Gasteiger partial charge is 0.335 e. The first kappa shape index (κ1) is 14.2. The van der Waals surface area contributed by atoms with Crippen molar-refractivity contribution in [3.8, 4) is 0 Å². The van der Waals surface area contributed by atoms with E-state index in [-0.39, 0.29) is 23.4 Å². The molecule has 108 valence electrons. The van der Waals surface area contributed by atoms with Gasteiger partial charge >= 0.3 is 11.9 Å². The number of aromatic carboxylic acids is 2. The summed E-state index contributed by atoms with van der Waals surface area (Å²) >= 11 is 0. The van der Waals surface area contributed by atoms with Crippen LogP contribution in [0.4, 0.5) is 5.69 Å². The highest BCUT2D eigenvalue weighted by Gasteiger charge is 2.13. The molecule has 0 radical (unpaired) electrons. The summed E-state index contributed by atoms with van der Waals surface area (Å²) in [6, 6.07) is 3.36. The Bertz CT molecular complexity index is 663. The Hall–Kier alpha value is -3.23. The number of carboxylic acids is 2. The lowest BCUT2D eigenvalue weighted by atomic mass is 10.1. The van der Waals surface area contributed by atoms with Gasteiger partial charge in [-0.3, -0.25) is 4.79 Å². The van der Waals surface area contributed by atoms with Crippen LogP contribution in [-0.2, 0) is 11.3 Å². The Morgan fingerprint density at radius 1 is 1.10 bits per heavy atom. The molecule has 1 heterocycles. The van der Waals surface area contributed by atoms with E-state index in [2.05, 4.69) is 15.6 Å². The molecule has 0 saturated heterocycles. The standard InChI is InChI=1S/C12H10N4O5/c17-10(6-16-2-1-13-15-16)14-9-4-7(11(18)19)3-8(5-9)12(20)21/h1-5H,6H2,(H,14,17)(H,18,19)(H,20,21). The normalized spacial score (nSPS) is 10.1. The van der Waals surface area contributed by atoms with Crippen LogP contribution < -0.4 is 5.32 Å². The quantitative estimate of drug-likeness (QED) is 0.721. The maximum atomic E-state index is 11.7. The summed E-state index contributed by atoms with van der Waals surface area (Å²) in [4.78, 5) is 33.6. The van der Waals surface area contributed by atoms with Gasteiger partial charge in [-0.25, -0.2) is 14.3 Å². The number of hydrogen-bond donors (Lipinski definition) is 3. The maximum absolute atomic E-state index is 11.7. The minimum atomic E-state index is -1.29. The number of nitrogens with one attached hydrogen (secondary N) is 1. The van der Waals surface area contributed by atoms with Gasteiger partial charge in [0, 0.05) is 11.9 Å². The van der Waals surface area contributed by atoms with E-state index in [1.54, 1.807) is 0 Å². The van der Waals surface area contributed by atoms with Crippen molar-refractivity contribution in [3.05, 3.63) is 41.7 Å². The Balaban J connectivity index is 2.20. The van der Waals surface area contributed by atoms with Gasteiger partial charge in [0.15, 0.2) is 0 Å². The van der Waals surface area contributed by atoms with E-state index in [9.17, 15) is 14.4 Å². The fraction of sp³-hybridized carbons (Fsp3) is 0.0833. The highest BCUT2D eigenvalue weighted by molar-refractivity contribution is 5.98. The maximum Gasteiger partial charge on any atom is 0.335 e. The SMILES string of the molecule is O=C(Cn1ccnn1)Nc1cc(C(=O)O)cc(C(=O)O)c1. The van der Waals surface area contributed by atoms with Gasteiger partial charge in [0.1, 0.15) is 6.54 Å². The summed E-state index contributed by atoms with van der Waals surface area (Å²) in [5, 5.41) is 27.4. The largest absolute Gasteiger partial charge is 0.478 e. The molecule has 0 aliphatic rings. The number of amides is 1. The van der Waals surface area contributed by atoms with Crippen molar-refractivity contribution in [1.29, 1.82) is 0 Å². The molecule has 21 heavy (non-hydrogen) atoms. The van der Waals surface area contributed by atoms with Crippen molar-refractivity contribution in [2.24, 2.45) is 0 Å². The van der Waals surface area contributed by atoms with E-state index in [1.807, 2.05) is 0 Å². The van der Waals surface area contributed by atoms with Crippen molar-refractivity contribution in [3.63, 3.8) is 0 Å². The van der Waals surface area contributed by atoms with Crippen LogP contribution in [0.2, 0.25) is 0 Å². The van der Waals surface area contributed by atoms with Crippen molar-refractivity contribution in [2.75, 3.05) is 5.32 Å². The van der Waals surface area contributed by atoms with Gasteiger partial charge in [0.05, 0.1) is 17.3 Å². The molecule has 1 amide bonds.